The van der Waals surface area contributed by atoms with Gasteiger partial charge in [0.15, 0.2) is 0 Å². The molecule has 0 atom stereocenters. The average Bonchev–Trinajstić information content (AvgIpc) is 2.23. The van der Waals surface area contributed by atoms with Crippen molar-refractivity contribution in [3.8, 4) is 0 Å². The topological polar surface area (TPSA) is 54.4 Å². The van der Waals surface area contributed by atoms with Gasteiger partial charge in [0, 0.05) is 5.88 Å². The molecule has 0 fully saturated rings. The minimum Gasteiger partial charge on any atom is -0.282 e. The molecule has 0 spiro atoms. The molecule has 0 radical (unpaired) electrons. The lowest BCUT2D eigenvalue weighted by molar-refractivity contribution is 0.481. The number of aryl methyl sites for hydroxylation is 2. The molecular weight excluding hydrogens is 260 g/mol. The van der Waals surface area contributed by atoms with Crippen LogP contribution >= 0.6 is 11.6 Å². The summed E-state index contributed by atoms with van der Waals surface area (Å²) in [6.45, 7) is 1.90. The van der Waals surface area contributed by atoms with E-state index in [0.29, 0.717) is 17.9 Å². The van der Waals surface area contributed by atoms with Crippen LogP contribution in [0.1, 0.15) is 30.4 Å². The van der Waals surface area contributed by atoms with Crippen molar-refractivity contribution in [1.29, 1.82) is 0 Å². The lowest BCUT2D eigenvalue weighted by atomic mass is 10.1. The van der Waals surface area contributed by atoms with E-state index < -0.39 is 10.1 Å². The first kappa shape index (κ1) is 14.5. The van der Waals surface area contributed by atoms with Crippen LogP contribution in [0.4, 0.5) is 0 Å². The Kier molecular flexibility index (Phi) is 5.43. The summed E-state index contributed by atoms with van der Waals surface area (Å²) in [6, 6.07) is 4.96. The van der Waals surface area contributed by atoms with Gasteiger partial charge in [0.2, 0.25) is 0 Å². The summed E-state index contributed by atoms with van der Waals surface area (Å²) in [7, 11) is -4.12. The number of hydrogen-bond acceptors (Lipinski definition) is 2. The van der Waals surface area contributed by atoms with Gasteiger partial charge in [0.1, 0.15) is 0 Å². The number of rotatable bonds is 6. The smallest absolute Gasteiger partial charge is 0.282 e. The molecule has 0 aromatic heterocycles. The zero-order chi connectivity index (χ0) is 12.9. The molecular formula is C12H17ClO3S. The molecule has 1 aromatic carbocycles. The zero-order valence-corrected chi connectivity index (χ0v) is 11.4. The third-order valence-electron chi connectivity index (χ3n) is 2.57. The maximum atomic E-state index is 11.2. The third kappa shape index (κ3) is 4.66. The Morgan fingerprint density at radius 2 is 1.94 bits per heavy atom. The highest BCUT2D eigenvalue weighted by molar-refractivity contribution is 7.85. The van der Waals surface area contributed by atoms with Crippen molar-refractivity contribution in [2.24, 2.45) is 0 Å². The fourth-order valence-corrected chi connectivity index (χ4v) is 2.66. The highest BCUT2D eigenvalue weighted by Gasteiger charge is 2.14. The third-order valence-corrected chi connectivity index (χ3v) is 3.79. The van der Waals surface area contributed by atoms with Crippen molar-refractivity contribution in [2.45, 2.75) is 37.5 Å². The van der Waals surface area contributed by atoms with Crippen LogP contribution in [-0.2, 0) is 16.5 Å². The van der Waals surface area contributed by atoms with Crippen LogP contribution in [0.2, 0.25) is 0 Å². The molecule has 1 rings (SSSR count). The van der Waals surface area contributed by atoms with Gasteiger partial charge in [-0.3, -0.25) is 4.55 Å². The Bertz CT molecular complexity index is 469. The van der Waals surface area contributed by atoms with Gasteiger partial charge < -0.3 is 0 Å². The number of unbranched alkanes of at least 4 members (excludes halogenated alkanes) is 2. The quantitative estimate of drug-likeness (QED) is 0.493. The van der Waals surface area contributed by atoms with E-state index in [2.05, 4.69) is 0 Å². The minimum atomic E-state index is -4.12. The Labute approximate surface area is 108 Å². The van der Waals surface area contributed by atoms with Crippen LogP contribution in [-0.4, -0.2) is 18.9 Å². The molecule has 0 aliphatic rings. The monoisotopic (exact) mass is 276 g/mol. The Hall–Kier alpha value is -0.580. The summed E-state index contributed by atoms with van der Waals surface area (Å²) in [5.74, 6) is 0.624. The molecule has 0 aliphatic heterocycles. The molecule has 96 valence electrons. The van der Waals surface area contributed by atoms with Gasteiger partial charge in [0.25, 0.3) is 10.1 Å². The molecule has 0 heterocycles. The van der Waals surface area contributed by atoms with Crippen molar-refractivity contribution in [3.05, 3.63) is 29.3 Å². The average molecular weight is 277 g/mol. The van der Waals surface area contributed by atoms with E-state index >= 15 is 0 Å². The lowest BCUT2D eigenvalue weighted by Gasteiger charge is -2.08. The number of hydrogen-bond donors (Lipinski definition) is 1. The summed E-state index contributed by atoms with van der Waals surface area (Å²) >= 11 is 5.58. The summed E-state index contributed by atoms with van der Waals surface area (Å²) in [5.41, 5.74) is 1.67. The maximum Gasteiger partial charge on any atom is 0.294 e. The summed E-state index contributed by atoms with van der Waals surface area (Å²) in [4.78, 5) is 0.0222. The SMILES string of the molecule is Cc1ccc(S(=O)(=O)O)c(CCCCCCl)c1. The second-order valence-electron chi connectivity index (χ2n) is 4.09. The first-order valence-electron chi connectivity index (χ1n) is 5.58. The molecule has 0 saturated carbocycles. The van der Waals surface area contributed by atoms with E-state index in [1.165, 1.54) is 6.07 Å². The van der Waals surface area contributed by atoms with Gasteiger partial charge in [-0.05, 0) is 37.8 Å². The van der Waals surface area contributed by atoms with Gasteiger partial charge in [-0.25, -0.2) is 0 Å². The molecule has 0 saturated heterocycles. The molecule has 0 unspecified atom stereocenters. The van der Waals surface area contributed by atoms with Crippen molar-refractivity contribution in [2.75, 3.05) is 5.88 Å². The van der Waals surface area contributed by atoms with Crippen molar-refractivity contribution >= 4 is 21.7 Å². The highest BCUT2D eigenvalue weighted by Crippen LogP contribution is 2.19. The van der Waals surface area contributed by atoms with E-state index in [1.807, 2.05) is 13.0 Å². The maximum absolute atomic E-state index is 11.2. The second kappa shape index (κ2) is 6.38. The molecule has 0 aliphatic carbocycles. The van der Waals surface area contributed by atoms with Crippen molar-refractivity contribution in [1.82, 2.24) is 0 Å². The van der Waals surface area contributed by atoms with Crippen LogP contribution in [0.25, 0.3) is 0 Å². The van der Waals surface area contributed by atoms with Crippen LogP contribution < -0.4 is 0 Å². The van der Waals surface area contributed by atoms with Gasteiger partial charge in [-0.15, -0.1) is 11.6 Å². The van der Waals surface area contributed by atoms with Crippen LogP contribution in [0.15, 0.2) is 23.1 Å². The Balaban J connectivity index is 2.85. The predicted octanol–water partition coefficient (Wildman–Crippen LogP) is 3.19. The largest absolute Gasteiger partial charge is 0.294 e. The fraction of sp³-hybridized carbons (Fsp3) is 0.500. The fourth-order valence-electron chi connectivity index (χ4n) is 1.74. The molecule has 0 bridgehead atoms. The van der Waals surface area contributed by atoms with Crippen molar-refractivity contribution < 1.29 is 13.0 Å². The summed E-state index contributed by atoms with van der Waals surface area (Å²) in [5, 5.41) is 0. The summed E-state index contributed by atoms with van der Waals surface area (Å²) < 4.78 is 31.5. The molecule has 1 N–H and O–H groups in total. The van der Waals surface area contributed by atoms with Gasteiger partial charge in [-0.1, -0.05) is 24.1 Å². The Morgan fingerprint density at radius 3 is 2.53 bits per heavy atom. The standard InChI is InChI=1S/C12H17ClO3S/c1-10-6-7-12(17(14,15)16)11(9-10)5-3-2-4-8-13/h6-7,9H,2-5,8H2,1H3,(H,14,15,16). The van der Waals surface area contributed by atoms with Crippen LogP contribution in [0.3, 0.4) is 0 Å². The number of benzene rings is 1. The Morgan fingerprint density at radius 1 is 1.24 bits per heavy atom. The van der Waals surface area contributed by atoms with Gasteiger partial charge >= 0.3 is 0 Å². The van der Waals surface area contributed by atoms with E-state index in [1.54, 1.807) is 6.07 Å². The molecule has 0 amide bonds. The van der Waals surface area contributed by atoms with Gasteiger partial charge in [-0.2, -0.15) is 8.42 Å². The number of halogens is 1. The van der Waals surface area contributed by atoms with Crippen LogP contribution in [0.5, 0.6) is 0 Å². The van der Waals surface area contributed by atoms with Gasteiger partial charge in [0.05, 0.1) is 4.90 Å². The van der Waals surface area contributed by atoms with Crippen molar-refractivity contribution in [3.63, 3.8) is 0 Å². The molecule has 17 heavy (non-hydrogen) atoms. The van der Waals surface area contributed by atoms with Crippen LogP contribution in [0, 0.1) is 6.92 Å². The molecule has 3 nitrogen and oxygen atoms in total. The van der Waals surface area contributed by atoms with E-state index in [9.17, 15) is 8.42 Å². The highest BCUT2D eigenvalue weighted by atomic mass is 35.5. The minimum absolute atomic E-state index is 0.0222. The van der Waals surface area contributed by atoms with E-state index in [0.717, 1.165) is 24.8 Å². The number of alkyl halides is 1. The first-order valence-corrected chi connectivity index (χ1v) is 7.55. The summed E-state index contributed by atoms with van der Waals surface area (Å²) in [6.07, 6.45) is 3.41. The lowest BCUT2D eigenvalue weighted by Crippen LogP contribution is -2.03. The van der Waals surface area contributed by atoms with E-state index in [4.69, 9.17) is 16.2 Å². The zero-order valence-electron chi connectivity index (χ0n) is 9.82. The van der Waals surface area contributed by atoms with E-state index in [-0.39, 0.29) is 4.90 Å². The first-order chi connectivity index (χ1) is 7.95. The predicted molar refractivity (Wildman–Crippen MR) is 69.3 cm³/mol. The normalized spacial score (nSPS) is 11.7. The molecule has 5 heteroatoms. The molecule has 1 aromatic rings. The second-order valence-corrected chi connectivity index (χ2v) is 5.85.